The molecule has 0 spiro atoms. The molecule has 0 amide bonds. The fourth-order valence-corrected chi connectivity index (χ4v) is 2.83. The van der Waals surface area contributed by atoms with Gasteiger partial charge in [0.05, 0.1) is 5.69 Å². The molecule has 0 aliphatic carbocycles. The van der Waals surface area contributed by atoms with Crippen molar-refractivity contribution in [3.8, 4) is 10.7 Å². The highest BCUT2D eigenvalue weighted by Crippen LogP contribution is 2.27. The monoisotopic (exact) mass is 262 g/mol. The predicted octanol–water partition coefficient (Wildman–Crippen LogP) is 2.52. The van der Waals surface area contributed by atoms with Gasteiger partial charge in [0.2, 0.25) is 0 Å². The van der Waals surface area contributed by atoms with Crippen LogP contribution >= 0.6 is 11.3 Å². The van der Waals surface area contributed by atoms with Gasteiger partial charge >= 0.3 is 0 Å². The molecule has 0 aromatic carbocycles. The van der Waals surface area contributed by atoms with Crippen LogP contribution < -0.4 is 5.32 Å². The molecule has 1 N–H and O–H groups in total. The zero-order valence-corrected chi connectivity index (χ0v) is 11.8. The van der Waals surface area contributed by atoms with Crippen LogP contribution in [-0.2, 0) is 13.0 Å². The van der Waals surface area contributed by atoms with Crippen LogP contribution in [0.25, 0.3) is 10.7 Å². The molecular weight excluding hydrogens is 244 g/mol. The SMILES string of the molecule is CNCc1sc(-c2ccncn2)nc1CC(C)C. The molecule has 5 heteroatoms. The van der Waals surface area contributed by atoms with Crippen molar-refractivity contribution in [1.29, 1.82) is 0 Å². The summed E-state index contributed by atoms with van der Waals surface area (Å²) in [5, 5.41) is 4.18. The second kappa shape index (κ2) is 6.02. The lowest BCUT2D eigenvalue weighted by molar-refractivity contribution is 0.631. The fraction of sp³-hybridized carbons (Fsp3) is 0.462. The molecule has 0 aliphatic heterocycles. The van der Waals surface area contributed by atoms with Crippen molar-refractivity contribution in [3.63, 3.8) is 0 Å². The van der Waals surface area contributed by atoms with Crippen molar-refractivity contribution < 1.29 is 0 Å². The molecule has 0 radical (unpaired) electrons. The van der Waals surface area contributed by atoms with E-state index in [1.807, 2.05) is 13.1 Å². The van der Waals surface area contributed by atoms with E-state index in [-0.39, 0.29) is 0 Å². The number of aromatic nitrogens is 3. The molecule has 0 atom stereocenters. The van der Waals surface area contributed by atoms with Crippen molar-refractivity contribution in [2.75, 3.05) is 7.05 Å². The molecule has 2 heterocycles. The lowest BCUT2D eigenvalue weighted by atomic mass is 10.1. The third kappa shape index (κ3) is 3.11. The molecule has 2 aromatic rings. The van der Waals surface area contributed by atoms with Gasteiger partial charge in [-0.1, -0.05) is 13.8 Å². The van der Waals surface area contributed by atoms with E-state index in [9.17, 15) is 0 Å². The van der Waals surface area contributed by atoms with Gasteiger partial charge in [0, 0.05) is 17.6 Å². The van der Waals surface area contributed by atoms with Crippen LogP contribution in [0.2, 0.25) is 0 Å². The average molecular weight is 262 g/mol. The van der Waals surface area contributed by atoms with Gasteiger partial charge in [0.1, 0.15) is 17.0 Å². The molecule has 0 aliphatic rings. The molecule has 0 unspecified atom stereocenters. The molecule has 96 valence electrons. The van der Waals surface area contributed by atoms with Gasteiger partial charge in [-0.2, -0.15) is 0 Å². The summed E-state index contributed by atoms with van der Waals surface area (Å²) in [6.07, 6.45) is 4.33. The highest BCUT2D eigenvalue weighted by Gasteiger charge is 2.13. The summed E-state index contributed by atoms with van der Waals surface area (Å²) in [6.45, 7) is 5.30. The summed E-state index contributed by atoms with van der Waals surface area (Å²) >= 11 is 1.72. The largest absolute Gasteiger partial charge is 0.315 e. The Bertz CT molecular complexity index is 493. The molecule has 0 saturated carbocycles. The van der Waals surface area contributed by atoms with Gasteiger partial charge in [-0.15, -0.1) is 11.3 Å². The van der Waals surface area contributed by atoms with Gasteiger partial charge < -0.3 is 5.32 Å². The molecule has 2 rings (SSSR count). The normalized spacial score (nSPS) is 11.1. The average Bonchev–Trinajstić information content (AvgIpc) is 2.73. The Balaban J connectivity index is 2.33. The van der Waals surface area contributed by atoms with Crippen molar-refractivity contribution >= 4 is 11.3 Å². The maximum Gasteiger partial charge on any atom is 0.142 e. The molecule has 0 fully saturated rings. The third-order valence-electron chi connectivity index (χ3n) is 2.52. The Morgan fingerprint density at radius 1 is 1.39 bits per heavy atom. The van der Waals surface area contributed by atoms with Crippen LogP contribution in [-0.4, -0.2) is 22.0 Å². The zero-order chi connectivity index (χ0) is 13.0. The molecular formula is C13H18N4S. The van der Waals surface area contributed by atoms with Crippen molar-refractivity contribution in [3.05, 3.63) is 29.2 Å². The van der Waals surface area contributed by atoms with Gasteiger partial charge in [0.25, 0.3) is 0 Å². The highest BCUT2D eigenvalue weighted by molar-refractivity contribution is 7.15. The molecule has 0 bridgehead atoms. The predicted molar refractivity (Wildman–Crippen MR) is 74.4 cm³/mol. The maximum atomic E-state index is 4.73. The number of hydrogen-bond acceptors (Lipinski definition) is 5. The summed E-state index contributed by atoms with van der Waals surface area (Å²) in [5.74, 6) is 0.612. The number of nitrogens with zero attached hydrogens (tertiary/aromatic N) is 3. The van der Waals surface area contributed by atoms with E-state index in [0.717, 1.165) is 23.7 Å². The van der Waals surface area contributed by atoms with Crippen molar-refractivity contribution in [2.45, 2.75) is 26.8 Å². The van der Waals surface area contributed by atoms with Gasteiger partial charge in [-0.05, 0) is 25.5 Å². The second-order valence-corrected chi connectivity index (χ2v) is 5.70. The van der Waals surface area contributed by atoms with Gasteiger partial charge in [-0.3, -0.25) is 0 Å². The number of rotatable bonds is 5. The Hall–Kier alpha value is -1.33. The van der Waals surface area contributed by atoms with Crippen LogP contribution in [0.15, 0.2) is 18.6 Å². The Kier molecular flexibility index (Phi) is 4.38. The first kappa shape index (κ1) is 13.1. The quantitative estimate of drug-likeness (QED) is 0.899. The van der Waals surface area contributed by atoms with E-state index in [4.69, 9.17) is 4.98 Å². The van der Waals surface area contributed by atoms with Crippen LogP contribution in [0, 0.1) is 5.92 Å². The maximum absolute atomic E-state index is 4.73. The Labute approximate surface area is 112 Å². The second-order valence-electron chi connectivity index (χ2n) is 4.61. The van der Waals surface area contributed by atoms with E-state index >= 15 is 0 Å². The van der Waals surface area contributed by atoms with Crippen LogP contribution in [0.1, 0.15) is 24.4 Å². The Morgan fingerprint density at radius 3 is 2.83 bits per heavy atom. The highest BCUT2D eigenvalue weighted by atomic mass is 32.1. The molecule has 0 saturated heterocycles. The van der Waals surface area contributed by atoms with E-state index in [0.29, 0.717) is 5.92 Å². The summed E-state index contributed by atoms with van der Waals surface area (Å²) in [4.78, 5) is 14.2. The number of nitrogens with one attached hydrogen (secondary N) is 1. The van der Waals surface area contributed by atoms with Gasteiger partial charge in [-0.25, -0.2) is 15.0 Å². The smallest absolute Gasteiger partial charge is 0.142 e. The number of hydrogen-bond donors (Lipinski definition) is 1. The third-order valence-corrected chi connectivity index (χ3v) is 3.64. The van der Waals surface area contributed by atoms with Crippen LogP contribution in [0.4, 0.5) is 0 Å². The molecule has 2 aromatic heterocycles. The summed E-state index contributed by atoms with van der Waals surface area (Å²) in [5.41, 5.74) is 2.10. The zero-order valence-electron chi connectivity index (χ0n) is 11.0. The Morgan fingerprint density at radius 2 is 2.22 bits per heavy atom. The van der Waals surface area contributed by atoms with Crippen molar-refractivity contribution in [1.82, 2.24) is 20.3 Å². The minimum absolute atomic E-state index is 0.612. The van der Waals surface area contributed by atoms with E-state index in [1.165, 1.54) is 10.6 Å². The first-order chi connectivity index (χ1) is 8.70. The van der Waals surface area contributed by atoms with Crippen molar-refractivity contribution in [2.24, 2.45) is 5.92 Å². The molecule has 4 nitrogen and oxygen atoms in total. The summed E-state index contributed by atoms with van der Waals surface area (Å²) < 4.78 is 0. The minimum atomic E-state index is 0.612. The van der Waals surface area contributed by atoms with Crippen LogP contribution in [0.5, 0.6) is 0 Å². The first-order valence-electron chi connectivity index (χ1n) is 6.10. The molecule has 18 heavy (non-hydrogen) atoms. The fourth-order valence-electron chi connectivity index (χ4n) is 1.75. The summed E-state index contributed by atoms with van der Waals surface area (Å²) in [6, 6.07) is 1.90. The standard InChI is InChI=1S/C13H18N4S/c1-9(2)6-11-12(7-14-3)18-13(17-11)10-4-5-15-8-16-10/h4-5,8-9,14H,6-7H2,1-3H3. The topological polar surface area (TPSA) is 50.7 Å². The number of thiazole rings is 1. The first-order valence-corrected chi connectivity index (χ1v) is 6.92. The minimum Gasteiger partial charge on any atom is -0.315 e. The van der Waals surface area contributed by atoms with E-state index < -0.39 is 0 Å². The van der Waals surface area contributed by atoms with Gasteiger partial charge in [0.15, 0.2) is 0 Å². The van der Waals surface area contributed by atoms with E-state index in [1.54, 1.807) is 23.9 Å². The summed E-state index contributed by atoms with van der Waals surface area (Å²) in [7, 11) is 1.96. The van der Waals surface area contributed by atoms with Crippen LogP contribution in [0.3, 0.4) is 0 Å². The van der Waals surface area contributed by atoms with E-state index in [2.05, 4.69) is 29.1 Å². The lowest BCUT2D eigenvalue weighted by Gasteiger charge is -2.03. The lowest BCUT2D eigenvalue weighted by Crippen LogP contribution is -2.07.